The molecular formula is C17H30O2. The number of fused-ring (bicyclic) bond motifs is 1. The van der Waals surface area contributed by atoms with E-state index in [1.807, 2.05) is 0 Å². The predicted octanol–water partition coefficient (Wildman–Crippen LogP) is 5.02. The van der Waals surface area contributed by atoms with E-state index in [-0.39, 0.29) is 0 Å². The Hall–Kier alpha value is -0.530. The number of aliphatic carboxylic acids is 1. The summed E-state index contributed by atoms with van der Waals surface area (Å²) in [4.78, 5) is 10.4. The van der Waals surface area contributed by atoms with E-state index in [9.17, 15) is 4.79 Å². The summed E-state index contributed by atoms with van der Waals surface area (Å²) in [6, 6.07) is 0. The molecule has 3 atom stereocenters. The van der Waals surface area contributed by atoms with Gasteiger partial charge < -0.3 is 5.11 Å². The van der Waals surface area contributed by atoms with Crippen molar-refractivity contribution in [2.24, 2.45) is 17.8 Å². The Morgan fingerprint density at radius 1 is 0.895 bits per heavy atom. The number of hydrogen-bond acceptors (Lipinski definition) is 1. The predicted molar refractivity (Wildman–Crippen MR) is 78.1 cm³/mol. The molecule has 0 aromatic carbocycles. The molecule has 0 bridgehead atoms. The first kappa shape index (κ1) is 14.9. The first-order valence-electron chi connectivity index (χ1n) is 8.49. The van der Waals surface area contributed by atoms with Crippen molar-refractivity contribution in [2.75, 3.05) is 0 Å². The third-order valence-electron chi connectivity index (χ3n) is 5.44. The fraction of sp³-hybridized carbons (Fsp3) is 0.941. The molecule has 2 fully saturated rings. The molecule has 0 spiro atoms. The van der Waals surface area contributed by atoms with Crippen LogP contribution in [0.3, 0.4) is 0 Å². The highest BCUT2D eigenvalue weighted by molar-refractivity contribution is 5.66. The van der Waals surface area contributed by atoms with Gasteiger partial charge in [-0.1, -0.05) is 64.2 Å². The van der Waals surface area contributed by atoms with Gasteiger partial charge in [0, 0.05) is 6.42 Å². The second kappa shape index (κ2) is 7.91. The quantitative estimate of drug-likeness (QED) is 0.657. The van der Waals surface area contributed by atoms with Gasteiger partial charge in [-0.2, -0.15) is 0 Å². The maximum absolute atomic E-state index is 10.4. The number of carboxylic acid groups (broad SMARTS) is 1. The zero-order chi connectivity index (χ0) is 13.5. The van der Waals surface area contributed by atoms with Crippen molar-refractivity contribution in [3.63, 3.8) is 0 Å². The van der Waals surface area contributed by atoms with Crippen LogP contribution in [0.15, 0.2) is 0 Å². The maximum atomic E-state index is 10.4. The van der Waals surface area contributed by atoms with Crippen LogP contribution >= 0.6 is 0 Å². The van der Waals surface area contributed by atoms with Gasteiger partial charge >= 0.3 is 5.97 Å². The number of carbonyl (C=O) groups is 1. The summed E-state index contributed by atoms with van der Waals surface area (Å²) in [5, 5.41) is 8.60. The van der Waals surface area contributed by atoms with E-state index in [0.29, 0.717) is 6.42 Å². The third-order valence-corrected chi connectivity index (χ3v) is 5.44. The average Bonchev–Trinajstić information content (AvgIpc) is 2.42. The molecule has 0 heterocycles. The summed E-state index contributed by atoms with van der Waals surface area (Å²) in [5.41, 5.74) is 0. The molecular weight excluding hydrogens is 236 g/mol. The van der Waals surface area contributed by atoms with Crippen molar-refractivity contribution in [1.82, 2.24) is 0 Å². The Labute approximate surface area is 118 Å². The van der Waals surface area contributed by atoms with E-state index in [1.165, 1.54) is 64.2 Å². The third kappa shape index (κ3) is 4.81. The SMILES string of the molecule is O=C(O)CCCCCCC1CCCC2CCCCC12. The Bertz CT molecular complexity index is 272. The van der Waals surface area contributed by atoms with Crippen molar-refractivity contribution in [1.29, 1.82) is 0 Å². The molecule has 2 nitrogen and oxygen atoms in total. The minimum Gasteiger partial charge on any atom is -0.481 e. The summed E-state index contributed by atoms with van der Waals surface area (Å²) in [6.07, 6.45) is 16.7. The summed E-state index contributed by atoms with van der Waals surface area (Å²) in [7, 11) is 0. The van der Waals surface area contributed by atoms with Gasteiger partial charge in [-0.05, 0) is 30.6 Å². The molecule has 0 amide bonds. The Kier molecular flexibility index (Phi) is 6.19. The molecule has 0 radical (unpaired) electrons. The molecule has 2 saturated carbocycles. The van der Waals surface area contributed by atoms with Gasteiger partial charge in [-0.15, -0.1) is 0 Å². The largest absolute Gasteiger partial charge is 0.481 e. The van der Waals surface area contributed by atoms with Crippen LogP contribution in [0.5, 0.6) is 0 Å². The van der Waals surface area contributed by atoms with Crippen LogP contribution in [0.4, 0.5) is 0 Å². The topological polar surface area (TPSA) is 37.3 Å². The first-order valence-corrected chi connectivity index (χ1v) is 8.49. The standard InChI is InChI=1S/C17H30O2/c18-17(19)13-4-2-1-3-8-14-10-7-11-15-9-5-6-12-16(14)15/h14-16H,1-13H2,(H,18,19). The lowest BCUT2D eigenvalue weighted by atomic mass is 9.64. The molecule has 0 saturated heterocycles. The molecule has 0 aromatic rings. The molecule has 110 valence electrons. The minimum absolute atomic E-state index is 0.355. The van der Waals surface area contributed by atoms with Gasteiger partial charge in [-0.25, -0.2) is 0 Å². The van der Waals surface area contributed by atoms with Crippen molar-refractivity contribution < 1.29 is 9.90 Å². The monoisotopic (exact) mass is 266 g/mol. The van der Waals surface area contributed by atoms with Gasteiger partial charge in [0.1, 0.15) is 0 Å². The second-order valence-corrected chi connectivity index (χ2v) is 6.75. The lowest BCUT2D eigenvalue weighted by molar-refractivity contribution is -0.137. The lowest BCUT2D eigenvalue weighted by Crippen LogP contribution is -2.30. The molecule has 19 heavy (non-hydrogen) atoms. The molecule has 0 aliphatic heterocycles. The highest BCUT2D eigenvalue weighted by Crippen LogP contribution is 2.45. The molecule has 2 aliphatic rings. The van der Waals surface area contributed by atoms with Crippen molar-refractivity contribution in [3.05, 3.63) is 0 Å². The molecule has 0 aromatic heterocycles. The van der Waals surface area contributed by atoms with Gasteiger partial charge in [-0.3, -0.25) is 4.79 Å². The number of hydrogen-bond donors (Lipinski definition) is 1. The maximum Gasteiger partial charge on any atom is 0.303 e. The molecule has 3 unspecified atom stereocenters. The lowest BCUT2D eigenvalue weighted by Gasteiger charge is -2.41. The Morgan fingerprint density at radius 2 is 1.63 bits per heavy atom. The molecule has 1 N–H and O–H groups in total. The fourth-order valence-electron chi connectivity index (χ4n) is 4.47. The smallest absolute Gasteiger partial charge is 0.303 e. The van der Waals surface area contributed by atoms with Gasteiger partial charge in [0.15, 0.2) is 0 Å². The highest BCUT2D eigenvalue weighted by Gasteiger charge is 2.34. The van der Waals surface area contributed by atoms with E-state index in [2.05, 4.69) is 0 Å². The zero-order valence-electron chi connectivity index (χ0n) is 12.3. The number of rotatable bonds is 7. The van der Waals surface area contributed by atoms with Crippen LogP contribution < -0.4 is 0 Å². The number of unbranched alkanes of at least 4 members (excludes halogenated alkanes) is 3. The van der Waals surface area contributed by atoms with Crippen LogP contribution in [0.2, 0.25) is 0 Å². The second-order valence-electron chi connectivity index (χ2n) is 6.75. The molecule has 2 rings (SSSR count). The molecule has 2 heteroatoms. The average molecular weight is 266 g/mol. The zero-order valence-corrected chi connectivity index (χ0v) is 12.3. The highest BCUT2D eigenvalue weighted by atomic mass is 16.4. The van der Waals surface area contributed by atoms with Crippen LogP contribution in [0.1, 0.15) is 83.5 Å². The summed E-state index contributed by atoms with van der Waals surface area (Å²) in [6.45, 7) is 0. The first-order chi connectivity index (χ1) is 9.27. The normalized spacial score (nSPS) is 30.8. The summed E-state index contributed by atoms with van der Waals surface area (Å²) in [5.74, 6) is 2.46. The van der Waals surface area contributed by atoms with E-state index >= 15 is 0 Å². The van der Waals surface area contributed by atoms with Crippen molar-refractivity contribution in [3.8, 4) is 0 Å². The van der Waals surface area contributed by atoms with Crippen LogP contribution in [0, 0.1) is 17.8 Å². The Balaban J connectivity index is 1.60. The van der Waals surface area contributed by atoms with Gasteiger partial charge in [0.25, 0.3) is 0 Å². The minimum atomic E-state index is -0.641. The molecule has 2 aliphatic carbocycles. The van der Waals surface area contributed by atoms with Crippen molar-refractivity contribution >= 4 is 5.97 Å². The van der Waals surface area contributed by atoms with E-state index in [0.717, 1.165) is 30.6 Å². The summed E-state index contributed by atoms with van der Waals surface area (Å²) >= 11 is 0. The van der Waals surface area contributed by atoms with Crippen LogP contribution in [0.25, 0.3) is 0 Å². The van der Waals surface area contributed by atoms with Crippen molar-refractivity contribution in [2.45, 2.75) is 83.5 Å². The van der Waals surface area contributed by atoms with E-state index < -0.39 is 5.97 Å². The van der Waals surface area contributed by atoms with Crippen LogP contribution in [-0.2, 0) is 4.79 Å². The van der Waals surface area contributed by atoms with Gasteiger partial charge in [0.05, 0.1) is 0 Å². The number of carboxylic acids is 1. The van der Waals surface area contributed by atoms with E-state index in [4.69, 9.17) is 5.11 Å². The Morgan fingerprint density at radius 3 is 2.47 bits per heavy atom. The van der Waals surface area contributed by atoms with Gasteiger partial charge in [0.2, 0.25) is 0 Å². The summed E-state index contributed by atoms with van der Waals surface area (Å²) < 4.78 is 0. The fourth-order valence-corrected chi connectivity index (χ4v) is 4.47. The van der Waals surface area contributed by atoms with Crippen LogP contribution in [-0.4, -0.2) is 11.1 Å². The van der Waals surface area contributed by atoms with E-state index in [1.54, 1.807) is 0 Å².